The summed E-state index contributed by atoms with van der Waals surface area (Å²) in [6.07, 6.45) is 50.0. The second-order valence-corrected chi connectivity index (χ2v) is 16.6. The number of carbonyl (C=O) groups is 3. The highest BCUT2D eigenvalue weighted by Crippen LogP contribution is 2.15. The monoisotopic (exact) mass is 814 g/mol. The topological polar surface area (TPSA) is 102 Å². The SMILES string of the molecule is CC/C=C\C/C=C\C/C=C\C/C=C\C/C=C\CC(=O)OC(COCCC(C(=O)[O-])[N+](C)(C)C)COC(=O)CCCCCCCCCCCCCCCCCCCCC. The van der Waals surface area contributed by atoms with Crippen LogP contribution in [0.1, 0.15) is 187 Å². The lowest BCUT2D eigenvalue weighted by atomic mass is 10.0. The molecule has 0 aromatic rings. The number of likely N-dealkylation sites (N-methyl/N-ethyl adjacent to an activating group) is 1. The Labute approximate surface area is 356 Å². The van der Waals surface area contributed by atoms with E-state index in [0.717, 1.165) is 44.9 Å². The lowest BCUT2D eigenvalue weighted by Crippen LogP contribution is -2.55. The van der Waals surface area contributed by atoms with Crippen molar-refractivity contribution in [3.05, 3.63) is 60.8 Å². The Morgan fingerprint density at radius 2 is 0.948 bits per heavy atom. The molecule has 0 aromatic heterocycles. The first-order chi connectivity index (χ1) is 28.1. The predicted molar refractivity (Wildman–Crippen MR) is 240 cm³/mol. The molecule has 0 radical (unpaired) electrons. The van der Waals surface area contributed by atoms with E-state index < -0.39 is 24.1 Å². The van der Waals surface area contributed by atoms with Gasteiger partial charge in [-0.15, -0.1) is 0 Å². The van der Waals surface area contributed by atoms with Crippen molar-refractivity contribution in [1.29, 1.82) is 0 Å². The molecule has 8 heteroatoms. The van der Waals surface area contributed by atoms with Gasteiger partial charge in [-0.25, -0.2) is 0 Å². The molecule has 0 heterocycles. The molecule has 0 bridgehead atoms. The van der Waals surface area contributed by atoms with Crippen molar-refractivity contribution in [2.24, 2.45) is 0 Å². The smallest absolute Gasteiger partial charge is 0.310 e. The van der Waals surface area contributed by atoms with Gasteiger partial charge in [-0.05, 0) is 38.5 Å². The molecule has 2 unspecified atom stereocenters. The first-order valence-corrected chi connectivity index (χ1v) is 23.3. The highest BCUT2D eigenvalue weighted by atomic mass is 16.6. The normalized spacial score (nSPS) is 13.5. The lowest BCUT2D eigenvalue weighted by Gasteiger charge is -2.34. The Hall–Kier alpha value is -2.97. The van der Waals surface area contributed by atoms with Gasteiger partial charge in [-0.1, -0.05) is 190 Å². The molecule has 0 N–H and O–H groups in total. The van der Waals surface area contributed by atoms with Crippen LogP contribution in [0.4, 0.5) is 0 Å². The maximum Gasteiger partial charge on any atom is 0.310 e. The molecule has 0 aromatic carbocycles. The van der Waals surface area contributed by atoms with E-state index in [2.05, 4.69) is 62.5 Å². The van der Waals surface area contributed by atoms with Gasteiger partial charge in [0.25, 0.3) is 0 Å². The Balaban J connectivity index is 4.38. The fourth-order valence-corrected chi connectivity index (χ4v) is 6.62. The van der Waals surface area contributed by atoms with Gasteiger partial charge in [0.2, 0.25) is 0 Å². The van der Waals surface area contributed by atoms with E-state index >= 15 is 0 Å². The van der Waals surface area contributed by atoms with Crippen molar-refractivity contribution >= 4 is 17.9 Å². The number of ether oxygens (including phenoxy) is 3. The van der Waals surface area contributed by atoms with Gasteiger partial charge in [0.15, 0.2) is 6.10 Å². The fourth-order valence-electron chi connectivity index (χ4n) is 6.62. The van der Waals surface area contributed by atoms with E-state index in [1.165, 1.54) is 103 Å². The zero-order valence-corrected chi connectivity index (χ0v) is 37.9. The number of carboxylic acid groups (broad SMARTS) is 1. The minimum absolute atomic E-state index is 0.000845. The van der Waals surface area contributed by atoms with E-state index in [-0.39, 0.29) is 43.1 Å². The summed E-state index contributed by atoms with van der Waals surface area (Å²) in [6, 6.07) is -0.742. The van der Waals surface area contributed by atoms with E-state index in [1.54, 1.807) is 27.2 Å². The third-order valence-corrected chi connectivity index (χ3v) is 10.2. The molecule has 0 fully saturated rings. The number of hydrogen-bond donors (Lipinski definition) is 0. The molecule has 0 aliphatic carbocycles. The van der Waals surface area contributed by atoms with Crippen molar-refractivity contribution in [2.75, 3.05) is 41.0 Å². The Bertz CT molecular complexity index is 1130. The van der Waals surface area contributed by atoms with Crippen LogP contribution in [0.3, 0.4) is 0 Å². The van der Waals surface area contributed by atoms with E-state index in [4.69, 9.17) is 14.2 Å². The molecule has 58 heavy (non-hydrogen) atoms. The molecule has 2 atom stereocenters. The van der Waals surface area contributed by atoms with Crippen LogP contribution in [-0.2, 0) is 28.6 Å². The highest BCUT2D eigenvalue weighted by molar-refractivity contribution is 5.71. The van der Waals surface area contributed by atoms with Gasteiger partial charge < -0.3 is 28.6 Å². The van der Waals surface area contributed by atoms with Crippen molar-refractivity contribution in [3.8, 4) is 0 Å². The van der Waals surface area contributed by atoms with Crippen LogP contribution in [0.25, 0.3) is 0 Å². The standard InChI is InChI=1S/C50H87NO7/c1-6-8-10-12-14-16-18-20-22-23-24-25-27-28-30-32-34-36-38-40-48(52)57-45-46(44-56-43-42-47(50(54)55)51(3,4)5)58-49(53)41-39-37-35-33-31-29-26-21-19-17-15-13-11-9-7-2/h9,11,15,17,21,26,31,33,37,39,46-47H,6-8,10,12-14,16,18-20,22-25,27-30,32,34-36,38,40-45H2,1-5H3/b11-9-,17-15-,26-21-,33-31-,39-37-. The van der Waals surface area contributed by atoms with E-state index in [1.807, 2.05) is 6.08 Å². The maximum absolute atomic E-state index is 12.7. The maximum atomic E-state index is 12.7. The van der Waals surface area contributed by atoms with Crippen molar-refractivity contribution in [3.63, 3.8) is 0 Å². The summed E-state index contributed by atoms with van der Waals surface area (Å²) in [5, 5.41) is 11.6. The molecular formula is C50H87NO7. The molecule has 0 saturated carbocycles. The summed E-state index contributed by atoms with van der Waals surface area (Å²) in [7, 11) is 5.38. The van der Waals surface area contributed by atoms with Crippen LogP contribution >= 0.6 is 0 Å². The number of carboxylic acids is 1. The van der Waals surface area contributed by atoms with Crippen LogP contribution in [0.15, 0.2) is 60.8 Å². The zero-order chi connectivity index (χ0) is 42.8. The Morgan fingerprint density at radius 1 is 0.534 bits per heavy atom. The number of allylic oxidation sites excluding steroid dienone is 9. The molecule has 8 nitrogen and oxygen atoms in total. The van der Waals surface area contributed by atoms with E-state index in [0.29, 0.717) is 12.8 Å². The molecular weight excluding hydrogens is 727 g/mol. The lowest BCUT2D eigenvalue weighted by molar-refractivity contribution is -0.889. The van der Waals surface area contributed by atoms with Crippen LogP contribution in [0.2, 0.25) is 0 Å². The molecule has 0 rings (SSSR count). The number of rotatable bonds is 41. The van der Waals surface area contributed by atoms with Gasteiger partial charge in [0.1, 0.15) is 12.6 Å². The van der Waals surface area contributed by atoms with Crippen LogP contribution in [-0.4, -0.2) is 75.5 Å². The summed E-state index contributed by atoms with van der Waals surface area (Å²) in [5.41, 5.74) is 0. The van der Waals surface area contributed by atoms with Gasteiger partial charge in [0, 0.05) is 12.8 Å². The number of quaternary nitrogens is 1. The summed E-state index contributed by atoms with van der Waals surface area (Å²) in [4.78, 5) is 36.8. The van der Waals surface area contributed by atoms with Crippen molar-refractivity contribution in [2.45, 2.75) is 199 Å². The Morgan fingerprint density at radius 3 is 1.36 bits per heavy atom. The number of nitrogens with zero attached hydrogens (tertiary/aromatic N) is 1. The molecule has 334 valence electrons. The van der Waals surface area contributed by atoms with Crippen LogP contribution < -0.4 is 5.11 Å². The summed E-state index contributed by atoms with van der Waals surface area (Å²) in [5.74, 6) is -1.89. The average Bonchev–Trinajstić information content (AvgIpc) is 3.18. The third kappa shape index (κ3) is 38.5. The average molecular weight is 814 g/mol. The largest absolute Gasteiger partial charge is 0.544 e. The van der Waals surface area contributed by atoms with Gasteiger partial charge >= 0.3 is 11.9 Å². The third-order valence-electron chi connectivity index (χ3n) is 10.2. The number of aliphatic carboxylic acids is 1. The van der Waals surface area contributed by atoms with Gasteiger partial charge in [0.05, 0.1) is 46.7 Å². The fraction of sp³-hybridized carbons (Fsp3) is 0.740. The second-order valence-electron chi connectivity index (χ2n) is 16.6. The first kappa shape index (κ1) is 55.0. The van der Waals surface area contributed by atoms with Gasteiger partial charge in [-0.2, -0.15) is 0 Å². The summed E-state index contributed by atoms with van der Waals surface area (Å²) < 4.78 is 17.1. The van der Waals surface area contributed by atoms with Crippen molar-refractivity contribution in [1.82, 2.24) is 0 Å². The molecule has 0 amide bonds. The summed E-state index contributed by atoms with van der Waals surface area (Å²) in [6.45, 7) is 4.45. The predicted octanol–water partition coefficient (Wildman–Crippen LogP) is 11.6. The van der Waals surface area contributed by atoms with Gasteiger partial charge in [-0.3, -0.25) is 9.59 Å². The first-order valence-electron chi connectivity index (χ1n) is 23.3. The Kier molecular flexibility index (Phi) is 38.7. The number of unbranched alkanes of at least 4 members (excludes halogenated alkanes) is 18. The minimum atomic E-state index is -1.14. The zero-order valence-electron chi connectivity index (χ0n) is 37.9. The van der Waals surface area contributed by atoms with Crippen molar-refractivity contribution < 1.29 is 38.2 Å². The van der Waals surface area contributed by atoms with E-state index in [9.17, 15) is 19.5 Å². The van der Waals surface area contributed by atoms with Crippen LogP contribution in [0, 0.1) is 0 Å². The molecule has 0 aliphatic rings. The highest BCUT2D eigenvalue weighted by Gasteiger charge is 2.25. The molecule has 0 spiro atoms. The molecule has 0 saturated heterocycles. The van der Waals surface area contributed by atoms with Crippen LogP contribution in [0.5, 0.6) is 0 Å². The quantitative estimate of drug-likeness (QED) is 0.0262. The second kappa shape index (κ2) is 40.8. The molecule has 0 aliphatic heterocycles. The number of hydrogen-bond acceptors (Lipinski definition) is 7. The number of esters is 2. The summed E-state index contributed by atoms with van der Waals surface area (Å²) >= 11 is 0. The number of carbonyl (C=O) groups excluding carboxylic acids is 3. The minimum Gasteiger partial charge on any atom is -0.544 e.